The molecule has 7 heteroatoms. The number of anilines is 1. The molecule has 1 aliphatic rings. The molecule has 0 radical (unpaired) electrons. The minimum absolute atomic E-state index is 0.0594. The van der Waals surface area contributed by atoms with Crippen molar-refractivity contribution in [2.24, 2.45) is 4.99 Å². The zero-order valence-corrected chi connectivity index (χ0v) is 19.5. The molecule has 1 saturated heterocycles. The Balaban J connectivity index is 1.38. The van der Waals surface area contributed by atoms with Gasteiger partial charge in [0.05, 0.1) is 0 Å². The van der Waals surface area contributed by atoms with Gasteiger partial charge in [0.25, 0.3) is 5.91 Å². The van der Waals surface area contributed by atoms with E-state index < -0.39 is 0 Å². The van der Waals surface area contributed by atoms with E-state index in [1.807, 2.05) is 24.3 Å². The van der Waals surface area contributed by atoms with Gasteiger partial charge in [-0.15, -0.1) is 0 Å². The first-order chi connectivity index (χ1) is 15.6. The van der Waals surface area contributed by atoms with Crippen LogP contribution in [0.25, 0.3) is 0 Å². The zero-order chi connectivity index (χ0) is 22.8. The van der Waals surface area contributed by atoms with E-state index in [9.17, 15) is 4.79 Å². The molecule has 32 heavy (non-hydrogen) atoms. The highest BCUT2D eigenvalue weighted by molar-refractivity contribution is 5.94. The second-order valence-electron chi connectivity index (χ2n) is 8.12. The lowest BCUT2D eigenvalue weighted by Crippen LogP contribution is -2.53. The molecule has 1 heterocycles. The molecular formula is C25H36N6O. The van der Waals surface area contributed by atoms with Gasteiger partial charge in [-0.1, -0.05) is 30.3 Å². The van der Waals surface area contributed by atoms with E-state index in [0.29, 0.717) is 11.6 Å². The van der Waals surface area contributed by atoms with Crippen molar-refractivity contribution in [1.82, 2.24) is 20.9 Å². The van der Waals surface area contributed by atoms with Gasteiger partial charge in [0, 0.05) is 70.7 Å². The number of aliphatic imine (C=N–C) groups is 1. The monoisotopic (exact) mass is 436 g/mol. The van der Waals surface area contributed by atoms with E-state index in [0.717, 1.165) is 57.2 Å². The van der Waals surface area contributed by atoms with Crippen molar-refractivity contribution in [3.63, 3.8) is 0 Å². The number of guanidine groups is 1. The summed E-state index contributed by atoms with van der Waals surface area (Å²) in [4.78, 5) is 21.1. The lowest BCUT2D eigenvalue weighted by Gasteiger charge is -2.39. The van der Waals surface area contributed by atoms with Crippen molar-refractivity contribution in [2.75, 3.05) is 58.3 Å². The van der Waals surface area contributed by atoms with Crippen LogP contribution in [-0.2, 0) is 6.42 Å². The summed E-state index contributed by atoms with van der Waals surface area (Å²) >= 11 is 0. The maximum Gasteiger partial charge on any atom is 0.251 e. The third kappa shape index (κ3) is 6.72. The van der Waals surface area contributed by atoms with Crippen LogP contribution in [0.1, 0.15) is 22.8 Å². The maximum atomic E-state index is 11.8. The van der Waals surface area contributed by atoms with Crippen molar-refractivity contribution >= 4 is 17.6 Å². The summed E-state index contributed by atoms with van der Waals surface area (Å²) in [5.41, 5.74) is 3.12. The molecule has 0 bridgehead atoms. The zero-order valence-electron chi connectivity index (χ0n) is 19.5. The Morgan fingerprint density at radius 2 is 1.78 bits per heavy atom. The minimum Gasteiger partial charge on any atom is -0.369 e. The molecule has 1 amide bonds. The van der Waals surface area contributed by atoms with Gasteiger partial charge in [-0.25, -0.2) is 0 Å². The summed E-state index contributed by atoms with van der Waals surface area (Å²) in [6.45, 7) is 8.09. The van der Waals surface area contributed by atoms with Crippen LogP contribution in [0.3, 0.4) is 0 Å². The lowest BCUT2D eigenvalue weighted by molar-refractivity contribution is 0.0963. The Bertz CT molecular complexity index is 877. The average molecular weight is 437 g/mol. The molecule has 1 unspecified atom stereocenters. The van der Waals surface area contributed by atoms with Gasteiger partial charge >= 0.3 is 0 Å². The third-order valence-corrected chi connectivity index (χ3v) is 5.97. The van der Waals surface area contributed by atoms with E-state index in [1.54, 1.807) is 14.1 Å². The topological polar surface area (TPSA) is 72.0 Å². The van der Waals surface area contributed by atoms with E-state index >= 15 is 0 Å². The molecule has 0 spiro atoms. The summed E-state index contributed by atoms with van der Waals surface area (Å²) in [6.07, 6.45) is 0.822. The number of hydrogen-bond acceptors (Lipinski definition) is 4. The molecule has 1 fully saturated rings. The molecule has 0 aliphatic carbocycles. The largest absolute Gasteiger partial charge is 0.369 e. The molecule has 0 aromatic heterocycles. The number of carbonyl (C=O) groups excluding carboxylic acids is 1. The van der Waals surface area contributed by atoms with Crippen LogP contribution in [0.15, 0.2) is 59.6 Å². The number of amides is 1. The Morgan fingerprint density at radius 1 is 1.03 bits per heavy atom. The Hall–Kier alpha value is -3.06. The van der Waals surface area contributed by atoms with Crippen LogP contribution in [-0.4, -0.2) is 76.2 Å². The first kappa shape index (κ1) is 23.6. The Labute approximate surface area is 191 Å². The fourth-order valence-corrected chi connectivity index (χ4v) is 3.99. The lowest BCUT2D eigenvalue weighted by atomic mass is 10.1. The van der Waals surface area contributed by atoms with Crippen LogP contribution in [0, 0.1) is 0 Å². The molecular weight excluding hydrogens is 400 g/mol. The number of para-hydroxylation sites is 1. The number of nitrogens with one attached hydrogen (secondary N) is 3. The third-order valence-electron chi connectivity index (χ3n) is 5.97. The van der Waals surface area contributed by atoms with Gasteiger partial charge in [-0.05, 0) is 43.2 Å². The molecule has 1 aliphatic heterocycles. The fourth-order valence-electron chi connectivity index (χ4n) is 3.99. The van der Waals surface area contributed by atoms with Crippen LogP contribution in [0.4, 0.5) is 5.69 Å². The van der Waals surface area contributed by atoms with Gasteiger partial charge in [0.2, 0.25) is 0 Å². The summed E-state index contributed by atoms with van der Waals surface area (Å²) in [6, 6.07) is 18.8. The second-order valence-corrected chi connectivity index (χ2v) is 8.12. The van der Waals surface area contributed by atoms with Crippen LogP contribution in [0.2, 0.25) is 0 Å². The van der Waals surface area contributed by atoms with Gasteiger partial charge in [0.1, 0.15) is 0 Å². The van der Waals surface area contributed by atoms with Crippen LogP contribution in [0.5, 0.6) is 0 Å². The minimum atomic E-state index is -0.0594. The molecule has 0 saturated carbocycles. The highest BCUT2D eigenvalue weighted by atomic mass is 16.1. The molecule has 7 nitrogen and oxygen atoms in total. The van der Waals surface area contributed by atoms with Crippen LogP contribution < -0.4 is 20.9 Å². The smallest absolute Gasteiger partial charge is 0.251 e. The number of benzene rings is 2. The highest BCUT2D eigenvalue weighted by Gasteiger charge is 2.21. The van der Waals surface area contributed by atoms with Crippen molar-refractivity contribution in [3.8, 4) is 0 Å². The molecule has 172 valence electrons. The predicted octanol–water partition coefficient (Wildman–Crippen LogP) is 1.96. The van der Waals surface area contributed by atoms with E-state index in [2.05, 4.69) is 68.0 Å². The Morgan fingerprint density at radius 3 is 2.47 bits per heavy atom. The van der Waals surface area contributed by atoms with Gasteiger partial charge in [-0.2, -0.15) is 0 Å². The van der Waals surface area contributed by atoms with E-state index in [-0.39, 0.29) is 5.91 Å². The SMILES string of the molecule is CN=C(NCCc1cccc(C(=O)NC)c1)NCC(C)N1CCN(c2ccccc2)CC1. The second kappa shape index (κ2) is 12.1. The van der Waals surface area contributed by atoms with Gasteiger partial charge in [-0.3, -0.25) is 14.7 Å². The summed E-state index contributed by atoms with van der Waals surface area (Å²) in [7, 11) is 3.45. The molecule has 3 N–H and O–H groups in total. The van der Waals surface area contributed by atoms with E-state index in [1.165, 1.54) is 5.69 Å². The summed E-state index contributed by atoms with van der Waals surface area (Å²) in [5.74, 6) is 0.748. The van der Waals surface area contributed by atoms with Crippen LogP contribution >= 0.6 is 0 Å². The number of carbonyl (C=O) groups is 1. The number of nitrogens with zero attached hydrogens (tertiary/aromatic N) is 3. The van der Waals surface area contributed by atoms with Crippen molar-refractivity contribution in [1.29, 1.82) is 0 Å². The summed E-state index contributed by atoms with van der Waals surface area (Å²) in [5, 5.41) is 9.50. The molecule has 2 aromatic carbocycles. The van der Waals surface area contributed by atoms with Gasteiger partial charge in [0.15, 0.2) is 5.96 Å². The molecule has 3 rings (SSSR count). The number of rotatable bonds is 8. The van der Waals surface area contributed by atoms with Gasteiger partial charge < -0.3 is 20.9 Å². The Kier molecular flexibility index (Phi) is 8.92. The van der Waals surface area contributed by atoms with Crippen molar-refractivity contribution in [3.05, 3.63) is 65.7 Å². The molecule has 2 aromatic rings. The normalized spacial score (nSPS) is 15.8. The fraction of sp³-hybridized carbons (Fsp3) is 0.440. The first-order valence-corrected chi connectivity index (χ1v) is 11.4. The summed E-state index contributed by atoms with van der Waals surface area (Å²) < 4.78 is 0. The van der Waals surface area contributed by atoms with Crippen molar-refractivity contribution < 1.29 is 4.79 Å². The number of piperazine rings is 1. The predicted molar refractivity (Wildman–Crippen MR) is 133 cm³/mol. The highest BCUT2D eigenvalue weighted by Crippen LogP contribution is 2.16. The number of hydrogen-bond donors (Lipinski definition) is 3. The van der Waals surface area contributed by atoms with E-state index in [4.69, 9.17) is 0 Å². The quantitative estimate of drug-likeness (QED) is 0.436. The molecule has 1 atom stereocenters. The first-order valence-electron chi connectivity index (χ1n) is 11.4. The maximum absolute atomic E-state index is 11.8. The standard InChI is InChI=1S/C25H36N6O/c1-20(30-14-16-31(17-15-30)23-10-5-4-6-11-23)19-29-25(27-3)28-13-12-21-8-7-9-22(18-21)24(32)26-2/h4-11,18,20H,12-17,19H2,1-3H3,(H,26,32)(H2,27,28,29). The average Bonchev–Trinajstić information content (AvgIpc) is 2.86. The van der Waals surface area contributed by atoms with Crippen molar-refractivity contribution in [2.45, 2.75) is 19.4 Å².